The molecule has 2 aromatic carbocycles. The van der Waals surface area contributed by atoms with Crippen molar-refractivity contribution in [2.24, 2.45) is 7.05 Å². The molecule has 3 rings (SSSR count). The number of thioether (sulfide) groups is 1. The standard InChI is InChI=1S/C20H23N3OS/c1-23-12-11-21-20(23)19(16-5-4-6-17(13-16)24-2)22-14-15-7-9-18(25-3)10-8-15/h4-13,19,22H,14H2,1-3H3/t19-/m1/s1. The van der Waals surface area contributed by atoms with Crippen molar-refractivity contribution in [2.75, 3.05) is 13.4 Å². The topological polar surface area (TPSA) is 39.1 Å². The number of hydrogen-bond donors (Lipinski definition) is 1. The van der Waals surface area contributed by atoms with Crippen molar-refractivity contribution in [3.8, 4) is 5.75 Å². The summed E-state index contributed by atoms with van der Waals surface area (Å²) in [4.78, 5) is 5.82. The highest BCUT2D eigenvalue weighted by Gasteiger charge is 2.18. The lowest BCUT2D eigenvalue weighted by molar-refractivity contribution is 0.413. The summed E-state index contributed by atoms with van der Waals surface area (Å²) in [7, 11) is 3.71. The highest BCUT2D eigenvalue weighted by atomic mass is 32.2. The zero-order valence-electron chi connectivity index (χ0n) is 14.8. The predicted octanol–water partition coefficient (Wildman–Crippen LogP) is 4.03. The molecule has 0 bridgehead atoms. The molecule has 25 heavy (non-hydrogen) atoms. The third-order valence-corrected chi connectivity index (χ3v) is 4.96. The van der Waals surface area contributed by atoms with Gasteiger partial charge in [-0.25, -0.2) is 4.98 Å². The first-order valence-corrected chi connectivity index (χ1v) is 9.41. The Kier molecular flexibility index (Phi) is 5.79. The number of aryl methyl sites for hydroxylation is 1. The van der Waals surface area contributed by atoms with Crippen molar-refractivity contribution in [3.63, 3.8) is 0 Å². The number of benzene rings is 2. The number of rotatable bonds is 7. The monoisotopic (exact) mass is 353 g/mol. The third kappa shape index (κ3) is 4.24. The Labute approximate surface area is 153 Å². The number of nitrogens with one attached hydrogen (secondary N) is 1. The fraction of sp³-hybridized carbons (Fsp3) is 0.250. The van der Waals surface area contributed by atoms with Crippen molar-refractivity contribution in [1.29, 1.82) is 0 Å². The smallest absolute Gasteiger partial charge is 0.130 e. The zero-order valence-corrected chi connectivity index (χ0v) is 15.6. The van der Waals surface area contributed by atoms with Crippen LogP contribution in [0.2, 0.25) is 0 Å². The Morgan fingerprint density at radius 1 is 1.20 bits per heavy atom. The second-order valence-corrected chi connectivity index (χ2v) is 6.71. The number of ether oxygens (including phenoxy) is 1. The van der Waals surface area contributed by atoms with E-state index < -0.39 is 0 Å². The molecule has 0 radical (unpaired) electrons. The molecule has 0 aliphatic carbocycles. The van der Waals surface area contributed by atoms with Crippen molar-refractivity contribution < 1.29 is 4.74 Å². The van der Waals surface area contributed by atoms with Crippen LogP contribution in [-0.4, -0.2) is 22.9 Å². The van der Waals surface area contributed by atoms with Gasteiger partial charge >= 0.3 is 0 Å². The molecule has 0 unspecified atom stereocenters. The van der Waals surface area contributed by atoms with Crippen LogP contribution in [0.4, 0.5) is 0 Å². The van der Waals surface area contributed by atoms with Gasteiger partial charge in [-0.3, -0.25) is 5.32 Å². The molecular formula is C20H23N3OS. The first-order valence-electron chi connectivity index (χ1n) is 8.18. The van der Waals surface area contributed by atoms with Crippen molar-refractivity contribution in [3.05, 3.63) is 77.9 Å². The Morgan fingerprint density at radius 3 is 2.64 bits per heavy atom. The van der Waals surface area contributed by atoms with E-state index in [0.29, 0.717) is 0 Å². The molecule has 3 aromatic rings. The van der Waals surface area contributed by atoms with Gasteiger partial charge in [-0.2, -0.15) is 0 Å². The van der Waals surface area contributed by atoms with Crippen LogP contribution in [0.15, 0.2) is 65.8 Å². The minimum atomic E-state index is -0.00433. The van der Waals surface area contributed by atoms with Crippen LogP contribution >= 0.6 is 11.8 Å². The van der Waals surface area contributed by atoms with Crippen LogP contribution in [0.3, 0.4) is 0 Å². The van der Waals surface area contributed by atoms with Gasteiger partial charge in [0, 0.05) is 30.9 Å². The minimum absolute atomic E-state index is 0.00433. The minimum Gasteiger partial charge on any atom is -0.497 e. The fourth-order valence-electron chi connectivity index (χ4n) is 2.80. The van der Waals surface area contributed by atoms with E-state index in [0.717, 1.165) is 23.7 Å². The third-order valence-electron chi connectivity index (χ3n) is 4.21. The number of methoxy groups -OCH3 is 1. The van der Waals surface area contributed by atoms with Crippen molar-refractivity contribution in [2.45, 2.75) is 17.5 Å². The second-order valence-electron chi connectivity index (χ2n) is 5.83. The van der Waals surface area contributed by atoms with Gasteiger partial charge < -0.3 is 9.30 Å². The summed E-state index contributed by atoms with van der Waals surface area (Å²) in [6.07, 6.45) is 5.89. The van der Waals surface area contributed by atoms with E-state index in [9.17, 15) is 0 Å². The summed E-state index contributed by atoms with van der Waals surface area (Å²) in [6, 6.07) is 16.8. The molecule has 0 aliphatic rings. The number of aromatic nitrogens is 2. The van der Waals surface area contributed by atoms with Gasteiger partial charge in [-0.15, -0.1) is 11.8 Å². The molecule has 0 aliphatic heterocycles. The van der Waals surface area contributed by atoms with E-state index in [1.165, 1.54) is 10.5 Å². The van der Waals surface area contributed by atoms with Gasteiger partial charge in [0.1, 0.15) is 11.6 Å². The lowest BCUT2D eigenvalue weighted by Gasteiger charge is -2.20. The molecule has 0 saturated heterocycles. The molecule has 5 heteroatoms. The van der Waals surface area contributed by atoms with Crippen molar-refractivity contribution >= 4 is 11.8 Å². The maximum atomic E-state index is 5.38. The summed E-state index contributed by atoms with van der Waals surface area (Å²) < 4.78 is 7.43. The lowest BCUT2D eigenvalue weighted by atomic mass is 10.0. The number of imidazole rings is 1. The normalized spacial score (nSPS) is 12.1. The summed E-state index contributed by atoms with van der Waals surface area (Å²) >= 11 is 1.76. The summed E-state index contributed by atoms with van der Waals surface area (Å²) in [5, 5.41) is 3.64. The number of nitrogens with zero attached hydrogens (tertiary/aromatic N) is 2. The first-order chi connectivity index (χ1) is 12.2. The Bertz CT molecular complexity index is 814. The van der Waals surface area contributed by atoms with Crippen LogP contribution in [0.1, 0.15) is 23.0 Å². The van der Waals surface area contributed by atoms with E-state index >= 15 is 0 Å². The van der Waals surface area contributed by atoms with E-state index in [2.05, 4.69) is 53.0 Å². The van der Waals surface area contributed by atoms with E-state index in [1.54, 1.807) is 18.9 Å². The van der Waals surface area contributed by atoms with Gasteiger partial charge in [-0.1, -0.05) is 24.3 Å². The molecule has 0 amide bonds. The fourth-order valence-corrected chi connectivity index (χ4v) is 3.21. The molecule has 0 saturated carbocycles. The van der Waals surface area contributed by atoms with Gasteiger partial charge in [0.05, 0.1) is 13.2 Å². The van der Waals surface area contributed by atoms with Crippen LogP contribution < -0.4 is 10.1 Å². The molecular weight excluding hydrogens is 330 g/mol. The largest absolute Gasteiger partial charge is 0.497 e. The molecule has 0 fully saturated rings. The van der Waals surface area contributed by atoms with E-state index in [4.69, 9.17) is 4.74 Å². The van der Waals surface area contributed by atoms with E-state index in [-0.39, 0.29) is 6.04 Å². The molecule has 130 valence electrons. The number of hydrogen-bond acceptors (Lipinski definition) is 4. The van der Waals surface area contributed by atoms with Crippen molar-refractivity contribution in [1.82, 2.24) is 14.9 Å². The highest BCUT2D eigenvalue weighted by molar-refractivity contribution is 7.98. The average Bonchev–Trinajstić information content (AvgIpc) is 3.08. The van der Waals surface area contributed by atoms with Gasteiger partial charge in [0.2, 0.25) is 0 Å². The van der Waals surface area contributed by atoms with Gasteiger partial charge in [-0.05, 0) is 41.6 Å². The molecule has 4 nitrogen and oxygen atoms in total. The predicted molar refractivity (Wildman–Crippen MR) is 103 cm³/mol. The molecule has 0 spiro atoms. The Hall–Kier alpha value is -2.24. The van der Waals surface area contributed by atoms with Gasteiger partial charge in [0.15, 0.2) is 0 Å². The Balaban J connectivity index is 1.84. The van der Waals surface area contributed by atoms with E-state index in [1.807, 2.05) is 36.1 Å². The van der Waals surface area contributed by atoms with Crippen LogP contribution in [0.25, 0.3) is 0 Å². The second kappa shape index (κ2) is 8.23. The average molecular weight is 353 g/mol. The highest BCUT2D eigenvalue weighted by Crippen LogP contribution is 2.25. The molecule has 1 atom stereocenters. The van der Waals surface area contributed by atoms with Crippen LogP contribution in [0, 0.1) is 0 Å². The first kappa shape index (κ1) is 17.6. The SMILES string of the molecule is COc1cccc([C@@H](NCc2ccc(SC)cc2)c2nccn2C)c1. The maximum absolute atomic E-state index is 5.38. The summed E-state index contributed by atoms with van der Waals surface area (Å²) in [5.74, 6) is 1.83. The Morgan fingerprint density at radius 2 is 2.00 bits per heavy atom. The molecule has 1 aromatic heterocycles. The van der Waals surface area contributed by atoms with Crippen LogP contribution in [0.5, 0.6) is 5.75 Å². The molecule has 1 heterocycles. The van der Waals surface area contributed by atoms with Crippen LogP contribution in [-0.2, 0) is 13.6 Å². The molecule has 1 N–H and O–H groups in total. The summed E-state index contributed by atoms with van der Waals surface area (Å²) in [5.41, 5.74) is 2.38. The maximum Gasteiger partial charge on any atom is 0.130 e. The van der Waals surface area contributed by atoms with Gasteiger partial charge in [0.25, 0.3) is 0 Å². The lowest BCUT2D eigenvalue weighted by Crippen LogP contribution is -2.24. The quantitative estimate of drug-likeness (QED) is 0.651. The zero-order chi connectivity index (χ0) is 17.6. The summed E-state index contributed by atoms with van der Waals surface area (Å²) in [6.45, 7) is 0.767.